The van der Waals surface area contributed by atoms with E-state index in [0.717, 1.165) is 38.5 Å². The maximum atomic E-state index is 12.2. The van der Waals surface area contributed by atoms with Gasteiger partial charge in [0.05, 0.1) is 6.10 Å². The van der Waals surface area contributed by atoms with E-state index in [4.69, 9.17) is 9.84 Å². The molecule has 5 nitrogen and oxygen atoms in total. The van der Waals surface area contributed by atoms with Crippen LogP contribution in [-0.4, -0.2) is 35.2 Å². The second-order valence-electron chi connectivity index (χ2n) is 5.83. The van der Waals surface area contributed by atoms with Gasteiger partial charge in [-0.2, -0.15) is 0 Å². The summed E-state index contributed by atoms with van der Waals surface area (Å²) in [6.07, 6.45) is 7.90. The lowest BCUT2D eigenvalue weighted by Crippen LogP contribution is -2.47. The molecule has 0 aliphatic heterocycles. The summed E-state index contributed by atoms with van der Waals surface area (Å²) < 4.78 is 5.88. The van der Waals surface area contributed by atoms with Crippen LogP contribution in [0.5, 0.6) is 0 Å². The number of carbonyl (C=O) groups excluding carboxylic acids is 1. The van der Waals surface area contributed by atoms with Gasteiger partial charge in [-0.25, -0.2) is 4.79 Å². The number of hydrogen-bond donors (Lipinski definition) is 2. The van der Waals surface area contributed by atoms with Crippen molar-refractivity contribution in [1.82, 2.24) is 5.32 Å². The third-order valence-corrected chi connectivity index (χ3v) is 4.03. The molecule has 1 aliphatic carbocycles. The summed E-state index contributed by atoms with van der Waals surface area (Å²) in [6.45, 7) is 3.90. The zero-order valence-electron chi connectivity index (χ0n) is 13.3. The van der Waals surface area contributed by atoms with E-state index in [2.05, 4.69) is 5.32 Å². The number of carboxylic acid groups (broad SMARTS) is 1. The molecular weight excluding hydrogens is 270 g/mol. The van der Waals surface area contributed by atoms with Crippen LogP contribution in [0.15, 0.2) is 0 Å². The van der Waals surface area contributed by atoms with Gasteiger partial charge in [0.25, 0.3) is 0 Å². The minimum Gasteiger partial charge on any atom is -0.480 e. The van der Waals surface area contributed by atoms with E-state index in [1.807, 2.05) is 13.8 Å². The second-order valence-corrected chi connectivity index (χ2v) is 5.83. The first-order valence-electron chi connectivity index (χ1n) is 8.27. The Balaban J connectivity index is 2.49. The summed E-state index contributed by atoms with van der Waals surface area (Å²) in [5.74, 6) is -1.25. The average Bonchev–Trinajstić information content (AvgIpc) is 2.49. The molecule has 2 atom stereocenters. The Hall–Kier alpha value is -1.10. The normalized spacial score (nSPS) is 19.0. The first kappa shape index (κ1) is 18.0. The van der Waals surface area contributed by atoms with Gasteiger partial charge in [0.1, 0.15) is 12.1 Å². The predicted molar refractivity (Wildman–Crippen MR) is 81.1 cm³/mol. The highest BCUT2D eigenvalue weighted by Gasteiger charge is 2.27. The molecule has 1 unspecified atom stereocenters. The molecule has 0 radical (unpaired) electrons. The number of nitrogens with one attached hydrogen (secondary N) is 1. The van der Waals surface area contributed by atoms with Gasteiger partial charge >= 0.3 is 5.97 Å². The van der Waals surface area contributed by atoms with Crippen molar-refractivity contribution in [2.75, 3.05) is 0 Å². The van der Waals surface area contributed by atoms with Crippen molar-refractivity contribution in [2.24, 2.45) is 0 Å². The van der Waals surface area contributed by atoms with Crippen molar-refractivity contribution < 1.29 is 19.4 Å². The van der Waals surface area contributed by atoms with E-state index in [0.29, 0.717) is 12.8 Å². The summed E-state index contributed by atoms with van der Waals surface area (Å²) in [6, 6.07) is -0.804. The molecule has 2 N–H and O–H groups in total. The quantitative estimate of drug-likeness (QED) is 0.686. The van der Waals surface area contributed by atoms with E-state index in [-0.39, 0.29) is 12.0 Å². The van der Waals surface area contributed by atoms with Gasteiger partial charge < -0.3 is 15.2 Å². The third kappa shape index (κ3) is 6.46. The van der Waals surface area contributed by atoms with Gasteiger partial charge in [0.15, 0.2) is 0 Å². The molecule has 0 aromatic carbocycles. The fourth-order valence-corrected chi connectivity index (χ4v) is 2.71. The molecular formula is C16H29NO4. The lowest BCUT2D eigenvalue weighted by Gasteiger charge is -2.27. The van der Waals surface area contributed by atoms with Crippen LogP contribution in [0.1, 0.15) is 71.6 Å². The molecule has 0 aromatic heterocycles. The number of hydrogen-bond acceptors (Lipinski definition) is 3. The maximum absolute atomic E-state index is 12.2. The Morgan fingerprint density at radius 2 is 1.90 bits per heavy atom. The number of unbranched alkanes of at least 4 members (excludes halogenated alkanes) is 1. The summed E-state index contributed by atoms with van der Waals surface area (Å²) >= 11 is 0. The average molecular weight is 299 g/mol. The van der Waals surface area contributed by atoms with Crippen LogP contribution in [0.3, 0.4) is 0 Å². The summed E-state index contributed by atoms with van der Waals surface area (Å²) in [7, 11) is 0. The van der Waals surface area contributed by atoms with Crippen LogP contribution in [-0.2, 0) is 14.3 Å². The summed E-state index contributed by atoms with van der Waals surface area (Å²) in [4.78, 5) is 23.4. The Kier molecular flexibility index (Phi) is 8.35. The first-order chi connectivity index (χ1) is 10.1. The summed E-state index contributed by atoms with van der Waals surface area (Å²) in [5, 5.41) is 11.8. The van der Waals surface area contributed by atoms with Crippen molar-refractivity contribution in [3.63, 3.8) is 0 Å². The highest BCUT2D eigenvalue weighted by atomic mass is 16.5. The molecule has 1 aliphatic rings. The van der Waals surface area contributed by atoms with Crippen LogP contribution < -0.4 is 5.32 Å². The fraction of sp³-hybridized carbons (Fsp3) is 0.875. The smallest absolute Gasteiger partial charge is 0.326 e. The molecule has 1 rings (SSSR count). The SMILES string of the molecule is CCCC[C@H](NC(=O)C(CC)OC1CCCCC1)C(=O)O. The fourth-order valence-electron chi connectivity index (χ4n) is 2.71. The summed E-state index contributed by atoms with van der Waals surface area (Å²) in [5.41, 5.74) is 0. The highest BCUT2D eigenvalue weighted by molar-refractivity contribution is 5.86. The monoisotopic (exact) mass is 299 g/mol. The minimum atomic E-state index is -0.968. The van der Waals surface area contributed by atoms with E-state index >= 15 is 0 Å². The molecule has 21 heavy (non-hydrogen) atoms. The van der Waals surface area contributed by atoms with Gasteiger partial charge in [-0.05, 0) is 25.7 Å². The van der Waals surface area contributed by atoms with E-state index in [1.165, 1.54) is 6.42 Å². The van der Waals surface area contributed by atoms with Gasteiger partial charge in [-0.1, -0.05) is 46.0 Å². The molecule has 0 bridgehead atoms. The molecule has 1 amide bonds. The Morgan fingerprint density at radius 1 is 1.24 bits per heavy atom. The van der Waals surface area contributed by atoms with E-state index < -0.39 is 18.1 Å². The Morgan fingerprint density at radius 3 is 2.43 bits per heavy atom. The van der Waals surface area contributed by atoms with Crippen LogP contribution in [0, 0.1) is 0 Å². The van der Waals surface area contributed by atoms with Crippen LogP contribution in [0.2, 0.25) is 0 Å². The van der Waals surface area contributed by atoms with Gasteiger partial charge in [-0.3, -0.25) is 4.79 Å². The van der Waals surface area contributed by atoms with Crippen molar-refractivity contribution in [2.45, 2.75) is 89.9 Å². The maximum Gasteiger partial charge on any atom is 0.326 e. The number of aliphatic carboxylic acids is 1. The predicted octanol–water partition coefficient (Wildman–Crippen LogP) is 2.87. The van der Waals surface area contributed by atoms with E-state index in [1.54, 1.807) is 0 Å². The van der Waals surface area contributed by atoms with Crippen molar-refractivity contribution in [1.29, 1.82) is 0 Å². The highest BCUT2D eigenvalue weighted by Crippen LogP contribution is 2.22. The molecule has 5 heteroatoms. The van der Waals surface area contributed by atoms with Crippen molar-refractivity contribution in [3.05, 3.63) is 0 Å². The number of carboxylic acids is 1. The Labute approximate surface area is 127 Å². The molecule has 0 aromatic rings. The Bertz CT molecular complexity index is 326. The van der Waals surface area contributed by atoms with Crippen LogP contribution in [0.4, 0.5) is 0 Å². The zero-order chi connectivity index (χ0) is 15.7. The number of ether oxygens (including phenoxy) is 1. The number of amides is 1. The molecule has 1 saturated carbocycles. The standard InChI is InChI=1S/C16H29NO4/c1-3-5-11-13(16(19)20)17-15(18)14(4-2)21-12-9-7-6-8-10-12/h12-14H,3-11H2,1-2H3,(H,17,18)(H,19,20)/t13-,14?/m0/s1. The second kappa shape index (κ2) is 9.77. The van der Waals surface area contributed by atoms with Crippen molar-refractivity contribution >= 4 is 11.9 Å². The number of carbonyl (C=O) groups is 2. The zero-order valence-corrected chi connectivity index (χ0v) is 13.3. The lowest BCUT2D eigenvalue weighted by atomic mass is 9.97. The molecule has 0 heterocycles. The van der Waals surface area contributed by atoms with E-state index in [9.17, 15) is 9.59 Å². The molecule has 122 valence electrons. The van der Waals surface area contributed by atoms with Crippen LogP contribution in [0.25, 0.3) is 0 Å². The molecule has 0 spiro atoms. The van der Waals surface area contributed by atoms with Crippen molar-refractivity contribution in [3.8, 4) is 0 Å². The third-order valence-electron chi connectivity index (χ3n) is 4.03. The largest absolute Gasteiger partial charge is 0.480 e. The van der Waals surface area contributed by atoms with Gasteiger partial charge in [0.2, 0.25) is 5.91 Å². The van der Waals surface area contributed by atoms with Gasteiger partial charge in [-0.15, -0.1) is 0 Å². The van der Waals surface area contributed by atoms with Crippen LogP contribution >= 0.6 is 0 Å². The topological polar surface area (TPSA) is 75.6 Å². The molecule has 1 fully saturated rings. The minimum absolute atomic E-state index is 0.147. The molecule has 0 saturated heterocycles. The first-order valence-corrected chi connectivity index (χ1v) is 8.27. The number of rotatable bonds is 9. The van der Waals surface area contributed by atoms with Gasteiger partial charge in [0, 0.05) is 0 Å². The lowest BCUT2D eigenvalue weighted by molar-refractivity contribution is -0.146.